The van der Waals surface area contributed by atoms with Gasteiger partial charge >= 0.3 is 6.03 Å². The number of ether oxygens (including phenoxy) is 1. The lowest BCUT2D eigenvalue weighted by Gasteiger charge is -2.09. The quantitative estimate of drug-likeness (QED) is 0.441. The molecular weight excluding hydrogens is 253 g/mol. The molecule has 88 valence electrons. The van der Waals surface area contributed by atoms with E-state index in [1.165, 1.54) is 7.11 Å². The van der Waals surface area contributed by atoms with Crippen LogP contribution in [0.3, 0.4) is 0 Å². The van der Waals surface area contributed by atoms with Crippen molar-refractivity contribution >= 4 is 29.2 Å². The maximum Gasteiger partial charge on any atom is 0.329 e. The summed E-state index contributed by atoms with van der Waals surface area (Å²) in [6.07, 6.45) is 0. The summed E-state index contributed by atoms with van der Waals surface area (Å²) in [6.45, 7) is 0.228. The van der Waals surface area contributed by atoms with Gasteiger partial charge in [0.25, 0.3) is 0 Å². The molecule has 0 aliphatic carbocycles. The third kappa shape index (κ3) is 3.16. The topological polar surface area (TPSA) is 76.4 Å². The Labute approximate surface area is 103 Å². The summed E-state index contributed by atoms with van der Waals surface area (Å²) in [5.41, 5.74) is 2.62. The van der Waals surface area contributed by atoms with Crippen molar-refractivity contribution < 1.29 is 9.53 Å². The van der Waals surface area contributed by atoms with Crippen LogP contribution in [-0.4, -0.2) is 13.1 Å². The Bertz CT molecular complexity index is 399. The molecular formula is C9H11Cl2N3O2. The molecule has 0 aliphatic rings. The van der Waals surface area contributed by atoms with Crippen LogP contribution in [0.1, 0.15) is 5.56 Å². The minimum absolute atomic E-state index is 0.228. The van der Waals surface area contributed by atoms with E-state index in [1.54, 1.807) is 12.1 Å². The van der Waals surface area contributed by atoms with Crippen molar-refractivity contribution in [1.82, 2.24) is 10.7 Å². The van der Waals surface area contributed by atoms with E-state index in [2.05, 4.69) is 5.32 Å². The average molecular weight is 264 g/mol. The third-order valence-electron chi connectivity index (χ3n) is 1.89. The largest absolute Gasteiger partial charge is 0.495 e. The molecule has 0 heterocycles. The molecule has 2 amide bonds. The summed E-state index contributed by atoms with van der Waals surface area (Å²) in [6, 6.07) is 2.71. The highest BCUT2D eigenvalue weighted by Crippen LogP contribution is 2.30. The van der Waals surface area contributed by atoms with Crippen molar-refractivity contribution in [2.24, 2.45) is 5.84 Å². The van der Waals surface area contributed by atoms with Gasteiger partial charge in [-0.1, -0.05) is 23.2 Å². The second-order valence-electron chi connectivity index (χ2n) is 2.91. The number of carbonyl (C=O) groups is 1. The van der Waals surface area contributed by atoms with Crippen LogP contribution in [-0.2, 0) is 6.54 Å². The van der Waals surface area contributed by atoms with E-state index in [4.69, 9.17) is 33.8 Å². The Hall–Kier alpha value is -1.17. The normalized spacial score (nSPS) is 9.75. The van der Waals surface area contributed by atoms with E-state index in [1.807, 2.05) is 5.43 Å². The van der Waals surface area contributed by atoms with E-state index >= 15 is 0 Å². The van der Waals surface area contributed by atoms with Gasteiger partial charge in [-0.15, -0.1) is 0 Å². The number of hydrogen-bond donors (Lipinski definition) is 3. The second-order valence-corrected chi connectivity index (χ2v) is 3.72. The molecule has 0 saturated heterocycles. The SMILES string of the molecule is COc1cc(Cl)c(CNC(=O)NN)cc1Cl. The number of hydrazine groups is 1. The molecule has 16 heavy (non-hydrogen) atoms. The number of rotatable bonds is 3. The molecule has 0 aliphatic heterocycles. The smallest absolute Gasteiger partial charge is 0.329 e. The average Bonchev–Trinajstić information content (AvgIpc) is 2.29. The molecule has 1 aromatic rings. The number of nitrogens with two attached hydrogens (primary N) is 1. The monoisotopic (exact) mass is 263 g/mol. The first-order valence-corrected chi connectivity index (χ1v) is 5.10. The van der Waals surface area contributed by atoms with Crippen molar-refractivity contribution in [1.29, 1.82) is 0 Å². The highest BCUT2D eigenvalue weighted by atomic mass is 35.5. The van der Waals surface area contributed by atoms with Crippen LogP contribution in [0, 0.1) is 0 Å². The molecule has 1 aromatic carbocycles. The van der Waals surface area contributed by atoms with Crippen molar-refractivity contribution in [3.63, 3.8) is 0 Å². The van der Waals surface area contributed by atoms with Gasteiger partial charge in [0.1, 0.15) is 5.75 Å². The highest BCUT2D eigenvalue weighted by Gasteiger charge is 2.08. The van der Waals surface area contributed by atoms with Crippen LogP contribution in [0.25, 0.3) is 0 Å². The summed E-state index contributed by atoms with van der Waals surface area (Å²) >= 11 is 11.9. The Kier molecular flexibility index (Phi) is 4.67. The molecule has 4 N–H and O–H groups in total. The van der Waals surface area contributed by atoms with E-state index in [9.17, 15) is 4.79 Å². The molecule has 0 radical (unpaired) electrons. The van der Waals surface area contributed by atoms with Gasteiger partial charge in [0.15, 0.2) is 0 Å². The maximum absolute atomic E-state index is 10.9. The van der Waals surface area contributed by atoms with Crippen molar-refractivity contribution in [2.45, 2.75) is 6.54 Å². The van der Waals surface area contributed by atoms with E-state index in [0.717, 1.165) is 0 Å². The fraction of sp³-hybridized carbons (Fsp3) is 0.222. The Balaban J connectivity index is 2.81. The lowest BCUT2D eigenvalue weighted by molar-refractivity contribution is 0.241. The van der Waals surface area contributed by atoms with Crippen molar-refractivity contribution in [3.05, 3.63) is 27.7 Å². The van der Waals surface area contributed by atoms with Gasteiger partial charge in [0.05, 0.1) is 12.1 Å². The molecule has 7 heteroatoms. The van der Waals surface area contributed by atoms with Crippen LogP contribution < -0.4 is 21.3 Å². The summed E-state index contributed by atoms with van der Waals surface area (Å²) in [5.74, 6) is 5.39. The molecule has 0 saturated carbocycles. The number of hydrogen-bond acceptors (Lipinski definition) is 3. The van der Waals surface area contributed by atoms with Gasteiger partial charge in [0.2, 0.25) is 0 Å². The van der Waals surface area contributed by atoms with Gasteiger partial charge in [-0.05, 0) is 11.6 Å². The summed E-state index contributed by atoms with van der Waals surface area (Å²) < 4.78 is 4.99. The van der Waals surface area contributed by atoms with E-state index in [-0.39, 0.29) is 6.54 Å². The molecule has 0 bridgehead atoms. The number of nitrogens with one attached hydrogen (secondary N) is 2. The highest BCUT2D eigenvalue weighted by molar-refractivity contribution is 6.34. The van der Waals surface area contributed by atoms with Crippen molar-refractivity contribution in [3.8, 4) is 5.75 Å². The Morgan fingerprint density at radius 3 is 2.69 bits per heavy atom. The fourth-order valence-corrected chi connectivity index (χ4v) is 1.57. The third-order valence-corrected chi connectivity index (χ3v) is 2.54. The molecule has 0 unspecified atom stereocenters. The van der Waals surface area contributed by atoms with Gasteiger partial charge in [-0.25, -0.2) is 10.6 Å². The van der Waals surface area contributed by atoms with Crippen LogP contribution >= 0.6 is 23.2 Å². The van der Waals surface area contributed by atoms with Crippen molar-refractivity contribution in [2.75, 3.05) is 7.11 Å². The first kappa shape index (κ1) is 12.9. The van der Waals surface area contributed by atoms with Crippen LogP contribution in [0.15, 0.2) is 12.1 Å². The number of halogens is 2. The van der Waals surface area contributed by atoms with Gasteiger partial charge in [-0.3, -0.25) is 5.43 Å². The summed E-state index contributed by atoms with van der Waals surface area (Å²) in [7, 11) is 1.50. The summed E-state index contributed by atoms with van der Waals surface area (Å²) in [4.78, 5) is 10.9. The Morgan fingerprint density at radius 1 is 1.44 bits per heavy atom. The number of benzene rings is 1. The molecule has 0 fully saturated rings. The standard InChI is InChI=1S/C9H11Cl2N3O2/c1-16-8-3-6(10)5(2-7(8)11)4-13-9(15)14-12/h2-3H,4,12H2,1H3,(H2,13,14,15). The zero-order valence-corrected chi connectivity index (χ0v) is 10.0. The van der Waals surface area contributed by atoms with Crippen LogP contribution in [0.4, 0.5) is 4.79 Å². The first-order chi connectivity index (χ1) is 7.58. The molecule has 5 nitrogen and oxygen atoms in total. The minimum atomic E-state index is -0.497. The lowest BCUT2D eigenvalue weighted by atomic mass is 10.2. The minimum Gasteiger partial charge on any atom is -0.495 e. The second kappa shape index (κ2) is 5.79. The lowest BCUT2D eigenvalue weighted by Crippen LogP contribution is -2.39. The maximum atomic E-state index is 10.9. The molecule has 1 rings (SSSR count). The van der Waals surface area contributed by atoms with Crippen LogP contribution in [0.2, 0.25) is 10.0 Å². The van der Waals surface area contributed by atoms with E-state index in [0.29, 0.717) is 21.4 Å². The molecule has 0 spiro atoms. The van der Waals surface area contributed by atoms with Gasteiger partial charge < -0.3 is 10.1 Å². The zero-order chi connectivity index (χ0) is 12.1. The first-order valence-electron chi connectivity index (χ1n) is 4.34. The Morgan fingerprint density at radius 2 is 2.12 bits per heavy atom. The summed E-state index contributed by atoms with van der Waals surface area (Å²) in [5, 5.41) is 3.38. The zero-order valence-electron chi connectivity index (χ0n) is 8.51. The fourth-order valence-electron chi connectivity index (χ4n) is 1.09. The predicted octanol–water partition coefficient (Wildman–Crippen LogP) is 1.67. The molecule has 0 atom stereocenters. The van der Waals surface area contributed by atoms with Gasteiger partial charge in [-0.2, -0.15) is 0 Å². The number of methoxy groups -OCH3 is 1. The van der Waals surface area contributed by atoms with Crippen LogP contribution in [0.5, 0.6) is 5.75 Å². The predicted molar refractivity (Wildman–Crippen MR) is 62.6 cm³/mol. The van der Waals surface area contributed by atoms with Gasteiger partial charge in [0, 0.05) is 17.6 Å². The van der Waals surface area contributed by atoms with E-state index < -0.39 is 6.03 Å². The molecule has 0 aromatic heterocycles. The number of carbonyl (C=O) groups excluding carboxylic acids is 1. The number of urea groups is 1. The number of amides is 2.